The molecule has 0 fully saturated rings. The molecule has 0 saturated carbocycles. The summed E-state index contributed by atoms with van der Waals surface area (Å²) in [5, 5.41) is 1.87. The summed E-state index contributed by atoms with van der Waals surface area (Å²) in [6, 6.07) is 31.6. The number of hydrogen-bond donors (Lipinski definition) is 0. The van der Waals surface area contributed by atoms with Crippen LogP contribution < -0.4 is 0 Å². The fraction of sp³-hybridized carbons (Fsp3) is 0.0370. The molecule has 0 unspecified atom stereocenters. The second kappa shape index (κ2) is 8.54. The van der Waals surface area contributed by atoms with E-state index in [1.807, 2.05) is 42.1 Å². The van der Waals surface area contributed by atoms with Gasteiger partial charge >= 0.3 is 0 Å². The molecular formula is C27H21N3S. The van der Waals surface area contributed by atoms with Gasteiger partial charge in [0.15, 0.2) is 0 Å². The third kappa shape index (κ3) is 3.62. The second-order valence-electron chi connectivity index (χ2n) is 7.21. The second-order valence-corrected chi connectivity index (χ2v) is 7.87. The van der Waals surface area contributed by atoms with Crippen molar-refractivity contribution in [3.05, 3.63) is 142 Å². The summed E-state index contributed by atoms with van der Waals surface area (Å²) >= 11 is 1.32. The molecular weight excluding hydrogens is 398 g/mol. The molecule has 0 atom stereocenters. The molecule has 0 aliphatic heterocycles. The highest BCUT2D eigenvalue weighted by molar-refractivity contribution is 7.07. The van der Waals surface area contributed by atoms with Crippen molar-refractivity contribution in [1.82, 2.24) is 14.5 Å². The summed E-state index contributed by atoms with van der Waals surface area (Å²) < 4.78 is 9.81. The minimum atomic E-state index is -0.572. The first-order chi connectivity index (χ1) is 15.8. The van der Waals surface area contributed by atoms with Gasteiger partial charge in [0.25, 0.3) is 0 Å². The van der Waals surface area contributed by atoms with Crippen molar-refractivity contribution in [2.45, 2.75) is 5.54 Å². The molecule has 31 heavy (non-hydrogen) atoms. The SMILES string of the molecule is [2H]c1nc(C=Cc2cn(C(c3ccccc3)(c3ccccc3)c3ccccc3)cn2)cs1. The molecule has 0 bridgehead atoms. The molecule has 3 aromatic carbocycles. The van der Waals surface area contributed by atoms with Gasteiger partial charge < -0.3 is 4.57 Å². The van der Waals surface area contributed by atoms with Crippen molar-refractivity contribution in [2.75, 3.05) is 0 Å². The van der Waals surface area contributed by atoms with E-state index in [9.17, 15) is 0 Å². The highest BCUT2D eigenvalue weighted by atomic mass is 32.1. The van der Waals surface area contributed by atoms with Crippen LogP contribution in [0.4, 0.5) is 0 Å². The monoisotopic (exact) mass is 420 g/mol. The van der Waals surface area contributed by atoms with E-state index in [4.69, 9.17) is 1.37 Å². The van der Waals surface area contributed by atoms with E-state index < -0.39 is 5.54 Å². The Bertz CT molecular complexity index is 1230. The molecule has 0 spiro atoms. The van der Waals surface area contributed by atoms with Gasteiger partial charge in [-0.3, -0.25) is 0 Å². The Morgan fingerprint density at radius 2 is 1.23 bits per heavy atom. The average Bonchev–Trinajstić information content (AvgIpc) is 3.50. The standard InChI is InChI=1S/C27H21N3S/c1-4-10-22(11-5-1)27(23-12-6-2-7-13-23,24-14-8-3-9-15-24)30-18-25(28-20-30)16-17-26-19-31-21-29-26/h1-21H/i21D. The van der Waals surface area contributed by atoms with Crippen molar-refractivity contribution in [3.63, 3.8) is 0 Å². The van der Waals surface area contributed by atoms with Crippen molar-refractivity contribution < 1.29 is 1.37 Å². The molecule has 5 aromatic rings. The summed E-state index contributed by atoms with van der Waals surface area (Å²) in [6.07, 6.45) is 7.80. The predicted molar refractivity (Wildman–Crippen MR) is 128 cm³/mol. The summed E-state index contributed by atoms with van der Waals surface area (Å²) in [7, 11) is 0. The zero-order valence-electron chi connectivity index (χ0n) is 17.8. The van der Waals surface area contributed by atoms with E-state index in [1.165, 1.54) is 11.3 Å². The average molecular weight is 421 g/mol. The van der Waals surface area contributed by atoms with Gasteiger partial charge in [0.05, 0.1) is 24.6 Å². The first-order valence-corrected chi connectivity index (χ1v) is 11.0. The molecule has 4 heteroatoms. The molecule has 150 valence electrons. The molecule has 5 rings (SSSR count). The Labute approximate surface area is 187 Å². The van der Waals surface area contributed by atoms with Crippen LogP contribution in [0.15, 0.2) is 114 Å². The summed E-state index contributed by atoms with van der Waals surface area (Å²) in [4.78, 5) is 8.87. The van der Waals surface area contributed by atoms with E-state index in [1.54, 1.807) is 0 Å². The van der Waals surface area contributed by atoms with E-state index >= 15 is 0 Å². The van der Waals surface area contributed by atoms with Crippen molar-refractivity contribution in [2.24, 2.45) is 0 Å². The molecule has 2 heterocycles. The van der Waals surface area contributed by atoms with Gasteiger partial charge in [0.2, 0.25) is 0 Å². The quantitative estimate of drug-likeness (QED) is 0.300. The highest BCUT2D eigenvalue weighted by Crippen LogP contribution is 2.40. The number of hydrogen-bond acceptors (Lipinski definition) is 3. The van der Waals surface area contributed by atoms with Crippen LogP contribution in [0.1, 0.15) is 29.4 Å². The molecule has 0 saturated heterocycles. The Kier molecular flexibility index (Phi) is 4.97. The number of nitrogens with zero attached hydrogens (tertiary/aromatic N) is 3. The van der Waals surface area contributed by atoms with Gasteiger partial charge in [0.1, 0.15) is 5.54 Å². The lowest BCUT2D eigenvalue weighted by Gasteiger charge is -2.37. The lowest BCUT2D eigenvalue weighted by Crippen LogP contribution is -2.36. The Hall–Kier alpha value is -3.76. The van der Waals surface area contributed by atoms with Gasteiger partial charge in [-0.2, -0.15) is 0 Å². The minimum Gasteiger partial charge on any atom is -0.318 e. The Morgan fingerprint density at radius 3 is 1.71 bits per heavy atom. The number of aromatic nitrogens is 3. The third-order valence-electron chi connectivity index (χ3n) is 5.40. The zero-order chi connectivity index (χ0) is 21.8. The maximum atomic E-state index is 7.62. The summed E-state index contributed by atoms with van der Waals surface area (Å²) in [5.41, 5.74) is 4.81. The first kappa shape index (κ1) is 18.0. The van der Waals surface area contributed by atoms with Crippen molar-refractivity contribution in [1.29, 1.82) is 0 Å². The van der Waals surface area contributed by atoms with Crippen LogP contribution in [0.3, 0.4) is 0 Å². The molecule has 0 aliphatic carbocycles. The predicted octanol–water partition coefficient (Wildman–Crippen LogP) is 6.35. The lowest BCUT2D eigenvalue weighted by molar-refractivity contribution is 0.514. The molecule has 3 nitrogen and oxygen atoms in total. The fourth-order valence-electron chi connectivity index (χ4n) is 4.03. The topological polar surface area (TPSA) is 30.7 Å². The van der Waals surface area contributed by atoms with Crippen LogP contribution in [0.25, 0.3) is 12.2 Å². The van der Waals surface area contributed by atoms with Crippen LogP contribution in [0.2, 0.25) is 0 Å². The first-order valence-electron chi connectivity index (χ1n) is 10.6. The normalized spacial score (nSPS) is 12.2. The minimum absolute atomic E-state index is 0.312. The summed E-state index contributed by atoms with van der Waals surface area (Å²) in [5.74, 6) is 0. The van der Waals surface area contributed by atoms with Crippen LogP contribution in [0.5, 0.6) is 0 Å². The van der Waals surface area contributed by atoms with E-state index in [2.05, 4.69) is 93.5 Å². The third-order valence-corrected chi connectivity index (χ3v) is 5.95. The van der Waals surface area contributed by atoms with Gasteiger partial charge in [-0.05, 0) is 28.8 Å². The Balaban J connectivity index is 1.70. The van der Waals surface area contributed by atoms with Crippen LogP contribution in [-0.4, -0.2) is 14.5 Å². The number of thiazole rings is 1. The van der Waals surface area contributed by atoms with Crippen molar-refractivity contribution >= 4 is 23.5 Å². The maximum Gasteiger partial charge on any atom is 0.121 e. The van der Waals surface area contributed by atoms with Gasteiger partial charge in [-0.15, -0.1) is 11.3 Å². The van der Waals surface area contributed by atoms with Crippen LogP contribution in [0, 0.1) is 0 Å². The fourth-order valence-corrected chi connectivity index (χ4v) is 4.50. The van der Waals surface area contributed by atoms with E-state index in [0.717, 1.165) is 28.1 Å². The number of rotatable bonds is 6. The van der Waals surface area contributed by atoms with Crippen molar-refractivity contribution in [3.8, 4) is 0 Å². The molecule has 0 N–H and O–H groups in total. The van der Waals surface area contributed by atoms with E-state index in [-0.39, 0.29) is 0 Å². The lowest BCUT2D eigenvalue weighted by atomic mass is 9.77. The Morgan fingerprint density at radius 1 is 0.710 bits per heavy atom. The zero-order valence-corrected chi connectivity index (χ0v) is 17.6. The number of imidazole rings is 1. The van der Waals surface area contributed by atoms with Crippen LogP contribution >= 0.6 is 11.3 Å². The van der Waals surface area contributed by atoms with Gasteiger partial charge in [-0.25, -0.2) is 9.97 Å². The molecule has 2 aromatic heterocycles. The van der Waals surface area contributed by atoms with E-state index in [0.29, 0.717) is 5.49 Å². The largest absolute Gasteiger partial charge is 0.318 e. The van der Waals surface area contributed by atoms with Crippen LogP contribution in [-0.2, 0) is 5.54 Å². The highest BCUT2D eigenvalue weighted by Gasteiger charge is 2.38. The summed E-state index contributed by atoms with van der Waals surface area (Å²) in [6.45, 7) is 0. The number of benzene rings is 3. The molecule has 0 amide bonds. The maximum absolute atomic E-state index is 7.62. The molecule has 0 aliphatic rings. The molecule has 0 radical (unpaired) electrons. The van der Waals surface area contributed by atoms with Gasteiger partial charge in [-0.1, -0.05) is 91.0 Å². The van der Waals surface area contributed by atoms with Gasteiger partial charge in [0, 0.05) is 11.6 Å². The smallest absolute Gasteiger partial charge is 0.121 e.